The zero-order chi connectivity index (χ0) is 23.7. The van der Waals surface area contributed by atoms with Gasteiger partial charge in [-0.25, -0.2) is 4.98 Å². The van der Waals surface area contributed by atoms with E-state index < -0.39 is 0 Å². The molecule has 7 heteroatoms. The van der Waals surface area contributed by atoms with Gasteiger partial charge in [-0.15, -0.1) is 11.3 Å². The molecule has 5 rings (SSSR count). The van der Waals surface area contributed by atoms with Crippen LogP contribution in [0.2, 0.25) is 0 Å². The lowest BCUT2D eigenvalue weighted by molar-refractivity contribution is 0.0649. The molecule has 2 N–H and O–H groups in total. The lowest BCUT2D eigenvalue weighted by atomic mass is 9.99. The van der Waals surface area contributed by atoms with Crippen molar-refractivity contribution in [2.45, 2.75) is 6.92 Å². The lowest BCUT2D eigenvalue weighted by Gasteiger charge is -2.33. The van der Waals surface area contributed by atoms with Crippen molar-refractivity contribution in [1.29, 1.82) is 0 Å². The Morgan fingerprint density at radius 2 is 1.74 bits per heavy atom. The standard InChI is InChI=1S/C27H28N4O2S/c1-3-30-13-15-31(16-14-30)27(32)25-24(28)23-21(18-9-11-20(33-2)12-10-18)17-22(29-26(23)34-25)19-7-5-4-6-8-19/h4-12,17H,3,13-16,28H2,1-2H3. The molecule has 0 aliphatic carbocycles. The Labute approximate surface area is 203 Å². The summed E-state index contributed by atoms with van der Waals surface area (Å²) in [5.74, 6) is 0.788. The Morgan fingerprint density at radius 1 is 1.03 bits per heavy atom. The molecule has 34 heavy (non-hydrogen) atoms. The van der Waals surface area contributed by atoms with Gasteiger partial charge in [0.2, 0.25) is 0 Å². The van der Waals surface area contributed by atoms with E-state index in [2.05, 4.69) is 17.9 Å². The summed E-state index contributed by atoms with van der Waals surface area (Å²) in [4.78, 5) is 24.0. The van der Waals surface area contributed by atoms with Crippen LogP contribution in [0.3, 0.4) is 0 Å². The number of thiophene rings is 1. The molecule has 0 radical (unpaired) electrons. The minimum Gasteiger partial charge on any atom is -0.497 e. The van der Waals surface area contributed by atoms with Gasteiger partial charge in [0.25, 0.3) is 5.91 Å². The van der Waals surface area contributed by atoms with Gasteiger partial charge in [-0.2, -0.15) is 0 Å². The van der Waals surface area contributed by atoms with Crippen molar-refractivity contribution >= 4 is 33.1 Å². The number of likely N-dealkylation sites (N-methyl/N-ethyl adjacent to an activating group) is 1. The van der Waals surface area contributed by atoms with E-state index in [9.17, 15) is 4.79 Å². The van der Waals surface area contributed by atoms with E-state index in [0.29, 0.717) is 23.7 Å². The fraction of sp³-hybridized carbons (Fsp3) is 0.259. The maximum atomic E-state index is 13.5. The molecule has 0 saturated carbocycles. The van der Waals surface area contributed by atoms with Gasteiger partial charge in [-0.3, -0.25) is 4.79 Å². The number of hydrogen-bond acceptors (Lipinski definition) is 6. The van der Waals surface area contributed by atoms with Crippen LogP contribution in [0.5, 0.6) is 5.75 Å². The monoisotopic (exact) mass is 472 g/mol. The fourth-order valence-electron chi connectivity index (χ4n) is 4.45. The number of amides is 1. The van der Waals surface area contributed by atoms with Crippen LogP contribution in [0.4, 0.5) is 5.69 Å². The number of carbonyl (C=O) groups excluding carboxylic acids is 1. The van der Waals surface area contributed by atoms with Crippen molar-refractivity contribution < 1.29 is 9.53 Å². The Bertz CT molecular complexity index is 1310. The summed E-state index contributed by atoms with van der Waals surface area (Å²) in [7, 11) is 1.65. The SMILES string of the molecule is CCN1CCN(C(=O)c2sc3nc(-c4ccccc4)cc(-c4ccc(OC)cc4)c3c2N)CC1. The third-order valence-electron chi connectivity index (χ3n) is 6.47. The van der Waals surface area contributed by atoms with Crippen LogP contribution in [-0.2, 0) is 0 Å². The molecule has 4 aromatic rings. The summed E-state index contributed by atoms with van der Waals surface area (Å²) in [6, 6.07) is 20.1. The topological polar surface area (TPSA) is 71.7 Å². The molecule has 1 amide bonds. The normalized spacial score (nSPS) is 14.5. The minimum absolute atomic E-state index is 0.00167. The number of pyridine rings is 1. The zero-order valence-corrected chi connectivity index (χ0v) is 20.3. The quantitative estimate of drug-likeness (QED) is 0.443. The van der Waals surface area contributed by atoms with Crippen LogP contribution in [-0.4, -0.2) is 60.5 Å². The first-order valence-electron chi connectivity index (χ1n) is 11.5. The van der Waals surface area contributed by atoms with Crippen molar-refractivity contribution in [3.63, 3.8) is 0 Å². The molecule has 174 valence electrons. The largest absolute Gasteiger partial charge is 0.497 e. The molecule has 0 spiro atoms. The van der Waals surface area contributed by atoms with E-state index in [1.165, 1.54) is 11.3 Å². The molecular formula is C27H28N4O2S. The van der Waals surface area contributed by atoms with E-state index in [1.54, 1.807) is 7.11 Å². The number of hydrogen-bond donors (Lipinski definition) is 1. The maximum Gasteiger partial charge on any atom is 0.266 e. The van der Waals surface area contributed by atoms with Crippen LogP contribution in [0, 0.1) is 0 Å². The van der Waals surface area contributed by atoms with Gasteiger partial charge in [-0.05, 0) is 35.9 Å². The predicted octanol–water partition coefficient (Wildman–Crippen LogP) is 5.00. The highest BCUT2D eigenvalue weighted by molar-refractivity contribution is 7.21. The highest BCUT2D eigenvalue weighted by atomic mass is 32.1. The van der Waals surface area contributed by atoms with Crippen LogP contribution in [0.15, 0.2) is 60.7 Å². The van der Waals surface area contributed by atoms with Gasteiger partial charge >= 0.3 is 0 Å². The van der Waals surface area contributed by atoms with Crippen LogP contribution >= 0.6 is 11.3 Å². The summed E-state index contributed by atoms with van der Waals surface area (Å²) in [5.41, 5.74) is 11.0. The zero-order valence-electron chi connectivity index (χ0n) is 19.5. The lowest BCUT2D eigenvalue weighted by Crippen LogP contribution is -2.48. The van der Waals surface area contributed by atoms with Crippen molar-refractivity contribution in [1.82, 2.24) is 14.8 Å². The van der Waals surface area contributed by atoms with E-state index in [1.807, 2.05) is 59.5 Å². The molecule has 1 fully saturated rings. The van der Waals surface area contributed by atoms with Gasteiger partial charge in [0, 0.05) is 37.1 Å². The molecule has 1 aliphatic rings. The van der Waals surface area contributed by atoms with Crippen molar-refractivity contribution in [3.8, 4) is 28.1 Å². The average Bonchev–Trinajstić information content (AvgIpc) is 3.24. The Kier molecular flexibility index (Phi) is 6.22. The Hall–Kier alpha value is -3.42. The molecule has 0 unspecified atom stereocenters. The Balaban J connectivity index is 1.63. The first kappa shape index (κ1) is 22.4. The predicted molar refractivity (Wildman–Crippen MR) is 139 cm³/mol. The van der Waals surface area contributed by atoms with Gasteiger partial charge in [0.05, 0.1) is 18.5 Å². The van der Waals surface area contributed by atoms with Crippen LogP contribution < -0.4 is 10.5 Å². The van der Waals surface area contributed by atoms with Crippen LogP contribution in [0.25, 0.3) is 32.6 Å². The van der Waals surface area contributed by atoms with Gasteiger partial charge in [0.15, 0.2) is 0 Å². The summed E-state index contributed by atoms with van der Waals surface area (Å²) >= 11 is 1.39. The number of benzene rings is 2. The van der Waals surface area contributed by atoms with E-state index in [4.69, 9.17) is 15.5 Å². The smallest absolute Gasteiger partial charge is 0.266 e. The third kappa shape index (κ3) is 4.13. The van der Waals surface area contributed by atoms with E-state index in [0.717, 1.165) is 58.0 Å². The molecule has 6 nitrogen and oxygen atoms in total. The number of nitrogens with two attached hydrogens (primary N) is 1. The maximum absolute atomic E-state index is 13.5. The number of fused-ring (bicyclic) bond motifs is 1. The molecule has 1 saturated heterocycles. The second-order valence-electron chi connectivity index (χ2n) is 8.40. The van der Waals surface area contributed by atoms with E-state index >= 15 is 0 Å². The molecule has 2 aromatic heterocycles. The first-order chi connectivity index (χ1) is 16.6. The summed E-state index contributed by atoms with van der Waals surface area (Å²) in [6.45, 7) is 6.37. The van der Waals surface area contributed by atoms with Crippen molar-refractivity contribution in [2.24, 2.45) is 0 Å². The highest BCUT2D eigenvalue weighted by Gasteiger charge is 2.27. The minimum atomic E-state index is -0.00167. The number of nitrogens with zero attached hydrogens (tertiary/aromatic N) is 3. The number of aromatic nitrogens is 1. The first-order valence-corrected chi connectivity index (χ1v) is 12.3. The molecule has 0 atom stereocenters. The molecule has 0 bridgehead atoms. The third-order valence-corrected chi connectivity index (χ3v) is 7.56. The second kappa shape index (κ2) is 9.44. The number of carbonyl (C=O) groups is 1. The number of piperazine rings is 1. The van der Waals surface area contributed by atoms with Gasteiger partial charge < -0.3 is 20.3 Å². The summed E-state index contributed by atoms with van der Waals surface area (Å²) in [5, 5.41) is 0.838. The summed E-state index contributed by atoms with van der Waals surface area (Å²) < 4.78 is 5.34. The van der Waals surface area contributed by atoms with Crippen molar-refractivity contribution in [2.75, 3.05) is 45.6 Å². The number of nitrogen functional groups attached to an aromatic ring is 1. The van der Waals surface area contributed by atoms with Crippen molar-refractivity contribution in [3.05, 3.63) is 65.5 Å². The number of anilines is 1. The van der Waals surface area contributed by atoms with Gasteiger partial charge in [-0.1, -0.05) is 49.4 Å². The average molecular weight is 473 g/mol. The summed E-state index contributed by atoms with van der Waals surface area (Å²) in [6.07, 6.45) is 0. The molecule has 2 aromatic carbocycles. The number of rotatable bonds is 5. The second-order valence-corrected chi connectivity index (χ2v) is 9.40. The van der Waals surface area contributed by atoms with E-state index in [-0.39, 0.29) is 5.91 Å². The molecule has 3 heterocycles. The number of ether oxygens (including phenoxy) is 1. The van der Waals surface area contributed by atoms with Gasteiger partial charge in [0.1, 0.15) is 15.5 Å². The highest BCUT2D eigenvalue weighted by Crippen LogP contribution is 2.42. The molecule has 1 aliphatic heterocycles. The Morgan fingerprint density at radius 3 is 2.38 bits per heavy atom. The van der Waals surface area contributed by atoms with Crippen LogP contribution in [0.1, 0.15) is 16.6 Å². The molecular weight excluding hydrogens is 444 g/mol. The fourth-order valence-corrected chi connectivity index (χ4v) is 5.53. The number of methoxy groups -OCH3 is 1.